The average Bonchev–Trinajstić information content (AvgIpc) is 2.55. The summed E-state index contributed by atoms with van der Waals surface area (Å²) in [4.78, 5) is 0. The van der Waals surface area contributed by atoms with E-state index in [2.05, 4.69) is 36.4 Å². The van der Waals surface area contributed by atoms with Gasteiger partial charge < -0.3 is 10.5 Å². The van der Waals surface area contributed by atoms with E-state index >= 15 is 0 Å². The van der Waals surface area contributed by atoms with Crippen molar-refractivity contribution >= 4 is 15.4 Å². The quantitative estimate of drug-likeness (QED) is 0.867. The molecule has 0 saturated carbocycles. The number of nitrogens with two attached hydrogens (primary N) is 1. The van der Waals surface area contributed by atoms with Gasteiger partial charge in [0, 0.05) is 16.3 Å². The third kappa shape index (κ3) is 3.26. The van der Waals surface area contributed by atoms with Crippen LogP contribution in [0.5, 0.6) is 0 Å². The number of ether oxygens (including phenoxy) is 1. The van der Waals surface area contributed by atoms with Crippen molar-refractivity contribution in [2.24, 2.45) is 5.73 Å². The van der Waals surface area contributed by atoms with Crippen molar-refractivity contribution in [3.63, 3.8) is 0 Å². The second-order valence-electron chi connectivity index (χ2n) is 6.37. The molecule has 2 N–H and O–H groups in total. The Hall–Kier alpha value is -1.58. The summed E-state index contributed by atoms with van der Waals surface area (Å²) in [6.45, 7) is 0. The molecule has 0 fully saturated rings. The Morgan fingerprint density at radius 3 is 2.73 bits per heavy atom. The Morgan fingerprint density at radius 1 is 1.23 bits per heavy atom. The van der Waals surface area contributed by atoms with Crippen molar-refractivity contribution in [3.05, 3.63) is 65.0 Å². The lowest BCUT2D eigenvalue weighted by atomic mass is 9.80. The van der Waals surface area contributed by atoms with Crippen LogP contribution in [0, 0.1) is 0 Å². The summed E-state index contributed by atoms with van der Waals surface area (Å²) in [6, 6.07) is 9.00. The van der Waals surface area contributed by atoms with Gasteiger partial charge in [-0.1, -0.05) is 35.5 Å². The van der Waals surface area contributed by atoms with Crippen molar-refractivity contribution in [3.8, 4) is 0 Å². The van der Waals surface area contributed by atoms with Gasteiger partial charge in [0.15, 0.2) is 0 Å². The van der Waals surface area contributed by atoms with E-state index in [1.807, 2.05) is 6.08 Å². The Morgan fingerprint density at radius 2 is 2.05 bits per heavy atom. The fraction of sp³-hybridized carbons (Fsp3) is 0.368. The first-order valence-corrected chi connectivity index (χ1v) is 9.14. The fourth-order valence-corrected chi connectivity index (χ4v) is 4.37. The highest BCUT2D eigenvalue weighted by Gasteiger charge is 2.21. The van der Waals surface area contributed by atoms with Crippen molar-refractivity contribution in [1.29, 1.82) is 0 Å². The lowest BCUT2D eigenvalue weighted by Crippen LogP contribution is -2.22. The summed E-state index contributed by atoms with van der Waals surface area (Å²) in [7, 11) is 2.85. The van der Waals surface area contributed by atoms with Crippen LogP contribution in [0.1, 0.15) is 37.2 Å². The van der Waals surface area contributed by atoms with E-state index < -0.39 is 0 Å². The van der Waals surface area contributed by atoms with Crippen LogP contribution in [-0.2, 0) is 4.74 Å². The molecule has 22 heavy (non-hydrogen) atoms. The number of allylic oxidation sites excluding steroid dienone is 3. The first-order valence-electron chi connectivity index (χ1n) is 8.14. The number of rotatable bonds is 3. The highest BCUT2D eigenvalue weighted by molar-refractivity contribution is 6.33. The van der Waals surface area contributed by atoms with Gasteiger partial charge in [0.25, 0.3) is 0 Å². The molecular weight excluding hydrogens is 286 g/mol. The molecule has 2 unspecified atom stereocenters. The maximum absolute atomic E-state index is 6.12. The first kappa shape index (κ1) is 15.3. The Kier molecular flexibility index (Phi) is 4.65. The summed E-state index contributed by atoms with van der Waals surface area (Å²) in [5.74, 6) is 1.59. The number of benzene rings is 1. The van der Waals surface area contributed by atoms with Crippen LogP contribution < -0.4 is 10.9 Å². The highest BCUT2D eigenvalue weighted by atomic mass is 28.1. The molecule has 0 heterocycles. The van der Waals surface area contributed by atoms with E-state index in [9.17, 15) is 0 Å². The minimum absolute atomic E-state index is 0.0796. The average molecular weight is 312 g/mol. The van der Waals surface area contributed by atoms with Gasteiger partial charge in [-0.2, -0.15) is 0 Å². The molecule has 2 nitrogen and oxygen atoms in total. The van der Waals surface area contributed by atoms with Gasteiger partial charge in [-0.05, 0) is 60.5 Å². The van der Waals surface area contributed by atoms with Crippen molar-refractivity contribution in [2.75, 3.05) is 7.11 Å². The maximum Gasteiger partial charge on any atom is 0.116 e. The standard InChI is InChI=1S/C19H25NOSi/c1-21-17-11-15(10-16(20)12-17)13-6-8-14(9-7-13)18-4-2-3-5-19(18)22/h2-6,11-12,14,16H,7-10,20H2,1,22H3. The van der Waals surface area contributed by atoms with E-state index in [0.29, 0.717) is 5.92 Å². The molecule has 3 rings (SSSR count). The molecule has 2 atom stereocenters. The summed E-state index contributed by atoms with van der Waals surface area (Å²) in [6.07, 6.45) is 11.1. The van der Waals surface area contributed by atoms with Gasteiger partial charge in [0.1, 0.15) is 5.76 Å². The van der Waals surface area contributed by atoms with Gasteiger partial charge >= 0.3 is 0 Å². The van der Waals surface area contributed by atoms with Crippen molar-refractivity contribution < 1.29 is 4.74 Å². The molecule has 0 saturated heterocycles. The molecule has 3 heteroatoms. The molecule has 0 bridgehead atoms. The van der Waals surface area contributed by atoms with Crippen molar-refractivity contribution in [1.82, 2.24) is 0 Å². The first-order chi connectivity index (χ1) is 10.7. The van der Waals surface area contributed by atoms with Gasteiger partial charge in [0.2, 0.25) is 0 Å². The molecule has 1 aromatic rings. The van der Waals surface area contributed by atoms with E-state index in [1.165, 1.54) is 17.6 Å². The van der Waals surface area contributed by atoms with Gasteiger partial charge in [0.05, 0.1) is 7.11 Å². The molecule has 0 spiro atoms. The Balaban J connectivity index is 1.76. The zero-order valence-corrected chi connectivity index (χ0v) is 15.5. The lowest BCUT2D eigenvalue weighted by molar-refractivity contribution is 0.301. The van der Waals surface area contributed by atoms with Crippen LogP contribution in [0.15, 0.2) is 59.4 Å². The molecular formula is C19H25NOSi. The Bertz CT molecular complexity index is 645. The van der Waals surface area contributed by atoms with E-state index in [-0.39, 0.29) is 6.04 Å². The lowest BCUT2D eigenvalue weighted by Gasteiger charge is -2.27. The monoisotopic (exact) mass is 311 g/mol. The third-order valence-corrected chi connectivity index (χ3v) is 5.75. The molecule has 116 valence electrons. The van der Waals surface area contributed by atoms with E-state index in [4.69, 9.17) is 10.5 Å². The molecule has 1 aromatic carbocycles. The highest BCUT2D eigenvalue weighted by Crippen LogP contribution is 2.36. The van der Waals surface area contributed by atoms with E-state index in [0.717, 1.165) is 35.3 Å². The minimum atomic E-state index is 0.0796. The minimum Gasteiger partial charge on any atom is -0.497 e. The summed E-state index contributed by atoms with van der Waals surface area (Å²) < 4.78 is 5.37. The molecule has 0 aliphatic heterocycles. The second kappa shape index (κ2) is 6.67. The largest absolute Gasteiger partial charge is 0.497 e. The number of hydrogen-bond acceptors (Lipinski definition) is 2. The second-order valence-corrected chi connectivity index (χ2v) is 7.45. The topological polar surface area (TPSA) is 35.2 Å². The number of methoxy groups -OCH3 is 1. The van der Waals surface area contributed by atoms with Crippen LogP contribution in [0.25, 0.3) is 0 Å². The zero-order chi connectivity index (χ0) is 15.5. The SMILES string of the molecule is COC1=CC(N)CC(C2=CCC(c3ccccc3[SiH3])CC2)=C1. The normalized spacial score (nSPS) is 25.3. The van der Waals surface area contributed by atoms with Crippen molar-refractivity contribution in [2.45, 2.75) is 37.6 Å². The molecule has 2 aliphatic rings. The molecule has 2 aliphatic carbocycles. The van der Waals surface area contributed by atoms with E-state index in [1.54, 1.807) is 17.9 Å². The fourth-order valence-electron chi connectivity index (χ4n) is 3.61. The van der Waals surface area contributed by atoms with Gasteiger partial charge in [-0.15, -0.1) is 0 Å². The van der Waals surface area contributed by atoms with Crippen LogP contribution in [0.2, 0.25) is 0 Å². The molecule has 0 aromatic heterocycles. The van der Waals surface area contributed by atoms with Gasteiger partial charge in [-0.25, -0.2) is 0 Å². The molecule has 0 radical (unpaired) electrons. The third-order valence-electron chi connectivity index (χ3n) is 4.84. The molecule has 0 amide bonds. The predicted molar refractivity (Wildman–Crippen MR) is 96.5 cm³/mol. The number of hydrogen-bond donors (Lipinski definition) is 1. The smallest absolute Gasteiger partial charge is 0.116 e. The summed E-state index contributed by atoms with van der Waals surface area (Å²) in [5, 5.41) is 1.55. The van der Waals surface area contributed by atoms with Crippen LogP contribution >= 0.6 is 0 Å². The van der Waals surface area contributed by atoms with Crippen LogP contribution in [0.3, 0.4) is 0 Å². The summed E-state index contributed by atoms with van der Waals surface area (Å²) in [5.41, 5.74) is 10.5. The zero-order valence-electron chi connectivity index (χ0n) is 13.5. The Labute approximate surface area is 136 Å². The van der Waals surface area contributed by atoms with Crippen LogP contribution in [0.4, 0.5) is 0 Å². The maximum atomic E-state index is 6.12. The predicted octanol–water partition coefficient (Wildman–Crippen LogP) is 2.06. The van der Waals surface area contributed by atoms with Gasteiger partial charge in [-0.3, -0.25) is 0 Å². The van der Waals surface area contributed by atoms with Crippen LogP contribution in [-0.4, -0.2) is 23.4 Å². The summed E-state index contributed by atoms with van der Waals surface area (Å²) >= 11 is 0.